The molecule has 8 heavy (non-hydrogen) atoms. The topological polar surface area (TPSA) is 29.5 Å². The Balaban J connectivity index is 2.24. The van der Waals surface area contributed by atoms with Crippen LogP contribution in [0.4, 0.5) is 0 Å². The Kier molecular flexibility index (Phi) is 1.86. The molecule has 0 amide bonds. The van der Waals surface area contributed by atoms with Crippen LogP contribution in [0.1, 0.15) is 19.8 Å². The first kappa shape index (κ1) is 6.05. The van der Waals surface area contributed by atoms with Crippen molar-refractivity contribution < 1.29 is 9.84 Å². The number of ether oxygens (including phenoxy) is 1. The molecule has 0 saturated carbocycles. The molecule has 0 aromatic carbocycles. The summed E-state index contributed by atoms with van der Waals surface area (Å²) in [7, 11) is 0. The third-order valence-corrected chi connectivity index (χ3v) is 1.50. The van der Waals surface area contributed by atoms with E-state index < -0.39 is 0 Å². The summed E-state index contributed by atoms with van der Waals surface area (Å²) >= 11 is 0. The summed E-state index contributed by atoms with van der Waals surface area (Å²) in [6.45, 7) is 2.60. The van der Waals surface area contributed by atoms with Crippen LogP contribution in [-0.2, 0) is 4.74 Å². The summed E-state index contributed by atoms with van der Waals surface area (Å²) in [6.07, 6.45) is 1.97. The predicted octanol–water partition coefficient (Wildman–Crippen LogP) is 0.546. The van der Waals surface area contributed by atoms with E-state index in [0.717, 1.165) is 19.4 Å². The van der Waals surface area contributed by atoms with Gasteiger partial charge in [0.25, 0.3) is 0 Å². The average Bonchev–Trinajstić information content (AvgIpc) is 2.12. The zero-order valence-electron chi connectivity index (χ0n) is 5.13. The molecule has 0 aliphatic carbocycles. The zero-order chi connectivity index (χ0) is 5.98. The van der Waals surface area contributed by atoms with E-state index >= 15 is 0 Å². The molecule has 1 N–H and O–H groups in total. The molecule has 0 spiro atoms. The Bertz CT molecular complexity index is 64.9. The maximum Gasteiger partial charge on any atom is 0.0832 e. The van der Waals surface area contributed by atoms with Gasteiger partial charge in [-0.05, 0) is 19.8 Å². The first-order valence-electron chi connectivity index (χ1n) is 3.10. The molecule has 2 atom stereocenters. The molecule has 1 unspecified atom stereocenters. The highest BCUT2D eigenvalue weighted by Crippen LogP contribution is 2.14. The SMILES string of the molecule is CC(O)[C@H]1CCCO1. The minimum Gasteiger partial charge on any atom is -0.391 e. The standard InChI is InChI=1S/C6H12O2/c1-5(7)6-3-2-4-8-6/h5-7H,2-4H2,1H3/t5?,6-/m1/s1. The molecule has 0 aromatic rings. The fourth-order valence-corrected chi connectivity index (χ4v) is 0.983. The van der Waals surface area contributed by atoms with Crippen LogP contribution in [0.15, 0.2) is 0 Å². The maximum atomic E-state index is 8.93. The van der Waals surface area contributed by atoms with Crippen molar-refractivity contribution in [1.82, 2.24) is 0 Å². The molecule has 2 heteroatoms. The summed E-state index contributed by atoms with van der Waals surface area (Å²) in [4.78, 5) is 0. The lowest BCUT2D eigenvalue weighted by molar-refractivity contribution is 0.00856. The molecule has 1 rings (SSSR count). The van der Waals surface area contributed by atoms with Crippen molar-refractivity contribution in [3.63, 3.8) is 0 Å². The predicted molar refractivity (Wildman–Crippen MR) is 30.7 cm³/mol. The second-order valence-electron chi connectivity index (χ2n) is 2.29. The Morgan fingerprint density at radius 3 is 2.75 bits per heavy atom. The third-order valence-electron chi connectivity index (χ3n) is 1.50. The van der Waals surface area contributed by atoms with Gasteiger partial charge in [-0.15, -0.1) is 0 Å². The first-order valence-corrected chi connectivity index (χ1v) is 3.10. The van der Waals surface area contributed by atoms with Gasteiger partial charge in [-0.3, -0.25) is 0 Å². The molecule has 1 fully saturated rings. The number of hydrogen-bond donors (Lipinski definition) is 1. The van der Waals surface area contributed by atoms with Gasteiger partial charge in [0.15, 0.2) is 0 Å². The molecular formula is C6H12O2. The molecule has 1 saturated heterocycles. The Morgan fingerprint density at radius 2 is 2.50 bits per heavy atom. The van der Waals surface area contributed by atoms with E-state index in [1.165, 1.54) is 0 Å². The number of aliphatic hydroxyl groups excluding tert-OH is 1. The van der Waals surface area contributed by atoms with E-state index in [9.17, 15) is 0 Å². The van der Waals surface area contributed by atoms with Crippen molar-refractivity contribution in [3.8, 4) is 0 Å². The number of hydrogen-bond acceptors (Lipinski definition) is 2. The van der Waals surface area contributed by atoms with E-state index in [4.69, 9.17) is 9.84 Å². The van der Waals surface area contributed by atoms with Crippen LogP contribution in [0.2, 0.25) is 0 Å². The molecule has 1 aliphatic rings. The second kappa shape index (κ2) is 2.46. The van der Waals surface area contributed by atoms with Crippen molar-refractivity contribution in [1.29, 1.82) is 0 Å². The van der Waals surface area contributed by atoms with Crippen molar-refractivity contribution in [2.45, 2.75) is 32.0 Å². The monoisotopic (exact) mass is 116 g/mol. The molecule has 2 nitrogen and oxygen atoms in total. The Morgan fingerprint density at radius 1 is 1.75 bits per heavy atom. The second-order valence-corrected chi connectivity index (χ2v) is 2.29. The summed E-state index contributed by atoms with van der Waals surface area (Å²) in [5.74, 6) is 0. The van der Waals surface area contributed by atoms with Crippen LogP contribution < -0.4 is 0 Å². The van der Waals surface area contributed by atoms with Gasteiger partial charge in [-0.2, -0.15) is 0 Å². The highest BCUT2D eigenvalue weighted by molar-refractivity contribution is 4.68. The minimum absolute atomic E-state index is 0.120. The summed E-state index contributed by atoms with van der Waals surface area (Å²) < 4.78 is 5.16. The van der Waals surface area contributed by atoms with Crippen LogP contribution in [0.3, 0.4) is 0 Å². The van der Waals surface area contributed by atoms with Crippen LogP contribution in [0, 0.1) is 0 Å². The third kappa shape index (κ3) is 1.20. The lowest BCUT2D eigenvalue weighted by Gasteiger charge is -2.10. The van der Waals surface area contributed by atoms with Gasteiger partial charge in [0.1, 0.15) is 0 Å². The van der Waals surface area contributed by atoms with Gasteiger partial charge in [0.2, 0.25) is 0 Å². The fraction of sp³-hybridized carbons (Fsp3) is 1.00. The molecule has 48 valence electrons. The minimum atomic E-state index is -0.280. The quantitative estimate of drug-likeness (QED) is 0.542. The normalized spacial score (nSPS) is 33.0. The summed E-state index contributed by atoms with van der Waals surface area (Å²) in [5, 5.41) is 8.93. The molecule has 1 heterocycles. The molecule has 0 radical (unpaired) electrons. The molecule has 0 bridgehead atoms. The summed E-state index contributed by atoms with van der Waals surface area (Å²) in [6, 6.07) is 0. The number of aliphatic hydroxyl groups is 1. The van der Waals surface area contributed by atoms with Crippen molar-refractivity contribution in [2.24, 2.45) is 0 Å². The van der Waals surface area contributed by atoms with Gasteiger partial charge in [0, 0.05) is 6.61 Å². The zero-order valence-corrected chi connectivity index (χ0v) is 5.13. The highest BCUT2D eigenvalue weighted by atomic mass is 16.5. The van der Waals surface area contributed by atoms with E-state index in [2.05, 4.69) is 0 Å². The van der Waals surface area contributed by atoms with E-state index in [1.807, 2.05) is 0 Å². The van der Waals surface area contributed by atoms with E-state index in [1.54, 1.807) is 6.92 Å². The maximum absolute atomic E-state index is 8.93. The van der Waals surface area contributed by atoms with Gasteiger partial charge in [0.05, 0.1) is 12.2 Å². The van der Waals surface area contributed by atoms with E-state index in [-0.39, 0.29) is 12.2 Å². The van der Waals surface area contributed by atoms with Crippen molar-refractivity contribution >= 4 is 0 Å². The molecule has 1 aliphatic heterocycles. The molecule has 0 aromatic heterocycles. The lowest BCUT2D eigenvalue weighted by atomic mass is 10.2. The largest absolute Gasteiger partial charge is 0.391 e. The van der Waals surface area contributed by atoms with Crippen molar-refractivity contribution in [2.75, 3.05) is 6.61 Å². The Hall–Kier alpha value is -0.0800. The lowest BCUT2D eigenvalue weighted by Crippen LogP contribution is -2.20. The highest BCUT2D eigenvalue weighted by Gasteiger charge is 2.19. The van der Waals surface area contributed by atoms with Crippen LogP contribution in [-0.4, -0.2) is 23.9 Å². The van der Waals surface area contributed by atoms with Crippen LogP contribution in [0.25, 0.3) is 0 Å². The van der Waals surface area contributed by atoms with Gasteiger partial charge in [-0.25, -0.2) is 0 Å². The molecular weight excluding hydrogens is 104 g/mol. The average molecular weight is 116 g/mol. The number of rotatable bonds is 1. The van der Waals surface area contributed by atoms with Crippen molar-refractivity contribution in [3.05, 3.63) is 0 Å². The van der Waals surface area contributed by atoms with Gasteiger partial charge < -0.3 is 9.84 Å². The first-order chi connectivity index (χ1) is 3.80. The van der Waals surface area contributed by atoms with Crippen LogP contribution >= 0.6 is 0 Å². The van der Waals surface area contributed by atoms with Crippen LogP contribution in [0.5, 0.6) is 0 Å². The van der Waals surface area contributed by atoms with Gasteiger partial charge >= 0.3 is 0 Å². The van der Waals surface area contributed by atoms with Gasteiger partial charge in [-0.1, -0.05) is 0 Å². The van der Waals surface area contributed by atoms with E-state index in [0.29, 0.717) is 0 Å². The smallest absolute Gasteiger partial charge is 0.0832 e. The fourth-order valence-electron chi connectivity index (χ4n) is 0.983. The Labute approximate surface area is 49.5 Å². The summed E-state index contributed by atoms with van der Waals surface area (Å²) in [5.41, 5.74) is 0.